The molecule has 1 unspecified atom stereocenters. The molecule has 1 atom stereocenters. The summed E-state index contributed by atoms with van der Waals surface area (Å²) in [6.07, 6.45) is 4.55. The maximum atomic E-state index is 13.2. The standard InChI is InChI=1S/C13H15BrFN3/c1-2-13(16)10-6-17-18(8-10)7-9-3-11(14)5-12(15)4-9/h3-6,8,13H,2,7,16H2,1H3. The zero-order chi connectivity index (χ0) is 13.1. The van der Waals surface area contributed by atoms with Crippen molar-refractivity contribution >= 4 is 15.9 Å². The van der Waals surface area contributed by atoms with Crippen molar-refractivity contribution < 1.29 is 4.39 Å². The molecule has 0 bridgehead atoms. The summed E-state index contributed by atoms with van der Waals surface area (Å²) in [6.45, 7) is 2.57. The predicted octanol–water partition coefficient (Wildman–Crippen LogP) is 3.24. The molecule has 0 aliphatic rings. The molecule has 2 aromatic rings. The molecule has 96 valence electrons. The first-order chi connectivity index (χ1) is 8.58. The average molecular weight is 312 g/mol. The Morgan fingerprint density at radius 1 is 1.44 bits per heavy atom. The Balaban J connectivity index is 2.16. The summed E-state index contributed by atoms with van der Waals surface area (Å²) in [5.41, 5.74) is 7.80. The average Bonchev–Trinajstić information content (AvgIpc) is 2.75. The van der Waals surface area contributed by atoms with Gasteiger partial charge in [0.25, 0.3) is 0 Å². The smallest absolute Gasteiger partial charge is 0.124 e. The van der Waals surface area contributed by atoms with Crippen LogP contribution < -0.4 is 5.73 Å². The van der Waals surface area contributed by atoms with Gasteiger partial charge < -0.3 is 5.73 Å². The second-order valence-electron chi connectivity index (χ2n) is 4.26. The maximum Gasteiger partial charge on any atom is 0.124 e. The number of aromatic nitrogens is 2. The molecular weight excluding hydrogens is 297 g/mol. The zero-order valence-electron chi connectivity index (χ0n) is 10.1. The van der Waals surface area contributed by atoms with Crippen LogP contribution in [0.25, 0.3) is 0 Å². The van der Waals surface area contributed by atoms with Crippen LogP contribution in [0, 0.1) is 5.82 Å². The Morgan fingerprint density at radius 2 is 2.22 bits per heavy atom. The lowest BCUT2D eigenvalue weighted by molar-refractivity contribution is 0.618. The fraction of sp³-hybridized carbons (Fsp3) is 0.308. The van der Waals surface area contributed by atoms with Gasteiger partial charge in [-0.15, -0.1) is 0 Å². The molecule has 0 fully saturated rings. The van der Waals surface area contributed by atoms with E-state index in [2.05, 4.69) is 21.0 Å². The van der Waals surface area contributed by atoms with Gasteiger partial charge in [-0.1, -0.05) is 22.9 Å². The van der Waals surface area contributed by atoms with E-state index in [0.29, 0.717) is 6.54 Å². The van der Waals surface area contributed by atoms with Crippen molar-refractivity contribution in [2.45, 2.75) is 25.9 Å². The fourth-order valence-corrected chi connectivity index (χ4v) is 2.30. The second kappa shape index (κ2) is 5.63. The molecule has 0 amide bonds. The monoisotopic (exact) mass is 311 g/mol. The summed E-state index contributed by atoms with van der Waals surface area (Å²) in [4.78, 5) is 0. The highest BCUT2D eigenvalue weighted by Crippen LogP contribution is 2.17. The van der Waals surface area contributed by atoms with Gasteiger partial charge in [0.1, 0.15) is 5.82 Å². The summed E-state index contributed by atoms with van der Waals surface area (Å²) in [7, 11) is 0. The molecule has 0 spiro atoms. The minimum atomic E-state index is -0.253. The Bertz CT molecular complexity index is 519. The third kappa shape index (κ3) is 3.17. The molecule has 0 aliphatic heterocycles. The summed E-state index contributed by atoms with van der Waals surface area (Å²) in [5.74, 6) is -0.253. The molecule has 3 nitrogen and oxygen atoms in total. The van der Waals surface area contributed by atoms with Gasteiger partial charge in [-0.2, -0.15) is 5.10 Å². The molecule has 1 aromatic carbocycles. The van der Waals surface area contributed by atoms with Crippen molar-refractivity contribution in [2.24, 2.45) is 5.73 Å². The lowest BCUT2D eigenvalue weighted by atomic mass is 10.1. The fourth-order valence-electron chi connectivity index (χ4n) is 1.78. The van der Waals surface area contributed by atoms with E-state index in [1.165, 1.54) is 12.1 Å². The second-order valence-corrected chi connectivity index (χ2v) is 5.18. The molecule has 0 aliphatic carbocycles. The van der Waals surface area contributed by atoms with Gasteiger partial charge >= 0.3 is 0 Å². The Kier molecular flexibility index (Phi) is 4.14. The topological polar surface area (TPSA) is 43.8 Å². The molecule has 1 aromatic heterocycles. The minimum Gasteiger partial charge on any atom is -0.324 e. The molecule has 1 heterocycles. The van der Waals surface area contributed by atoms with Crippen LogP contribution in [-0.2, 0) is 6.54 Å². The first-order valence-corrected chi connectivity index (χ1v) is 6.60. The van der Waals surface area contributed by atoms with Gasteiger partial charge in [-0.3, -0.25) is 4.68 Å². The molecule has 2 rings (SSSR count). The van der Waals surface area contributed by atoms with Crippen LogP contribution in [0.15, 0.2) is 35.1 Å². The maximum absolute atomic E-state index is 13.2. The lowest BCUT2D eigenvalue weighted by Crippen LogP contribution is -2.07. The van der Waals surface area contributed by atoms with E-state index in [1.807, 2.05) is 19.2 Å². The van der Waals surface area contributed by atoms with E-state index in [-0.39, 0.29) is 11.9 Å². The molecule has 0 saturated heterocycles. The third-order valence-electron chi connectivity index (χ3n) is 2.79. The Morgan fingerprint density at radius 3 is 2.89 bits per heavy atom. The van der Waals surface area contributed by atoms with Crippen molar-refractivity contribution in [3.63, 3.8) is 0 Å². The summed E-state index contributed by atoms with van der Waals surface area (Å²) < 4.78 is 15.7. The number of hydrogen-bond donors (Lipinski definition) is 1. The van der Waals surface area contributed by atoms with Crippen LogP contribution in [0.2, 0.25) is 0 Å². The highest BCUT2D eigenvalue weighted by atomic mass is 79.9. The van der Waals surface area contributed by atoms with Crippen LogP contribution >= 0.6 is 15.9 Å². The van der Waals surface area contributed by atoms with Crippen LogP contribution in [-0.4, -0.2) is 9.78 Å². The van der Waals surface area contributed by atoms with Gasteiger partial charge in [0, 0.05) is 22.3 Å². The number of halogens is 2. The quantitative estimate of drug-likeness (QED) is 0.942. The molecule has 5 heteroatoms. The molecular formula is C13H15BrFN3. The van der Waals surface area contributed by atoms with E-state index >= 15 is 0 Å². The van der Waals surface area contributed by atoms with Crippen molar-refractivity contribution in [3.8, 4) is 0 Å². The summed E-state index contributed by atoms with van der Waals surface area (Å²) in [6, 6.07) is 4.83. The highest BCUT2D eigenvalue weighted by Gasteiger charge is 2.07. The Labute approximate surface area is 114 Å². The van der Waals surface area contributed by atoms with Gasteiger partial charge in [0.2, 0.25) is 0 Å². The molecule has 18 heavy (non-hydrogen) atoms. The largest absolute Gasteiger partial charge is 0.324 e. The number of rotatable bonds is 4. The van der Waals surface area contributed by atoms with Gasteiger partial charge in [0.15, 0.2) is 0 Å². The summed E-state index contributed by atoms with van der Waals surface area (Å²) in [5, 5.41) is 4.24. The predicted molar refractivity (Wildman–Crippen MR) is 72.6 cm³/mol. The number of nitrogens with two attached hydrogens (primary N) is 1. The first kappa shape index (κ1) is 13.2. The Hall–Kier alpha value is -1.20. The van der Waals surface area contributed by atoms with E-state index < -0.39 is 0 Å². The van der Waals surface area contributed by atoms with Gasteiger partial charge in [-0.05, 0) is 30.2 Å². The summed E-state index contributed by atoms with van der Waals surface area (Å²) >= 11 is 3.28. The van der Waals surface area contributed by atoms with Crippen molar-refractivity contribution in [3.05, 3.63) is 52.0 Å². The van der Waals surface area contributed by atoms with Crippen molar-refractivity contribution in [2.75, 3.05) is 0 Å². The lowest BCUT2D eigenvalue weighted by Gasteiger charge is -2.05. The molecule has 0 saturated carbocycles. The van der Waals surface area contributed by atoms with Gasteiger partial charge in [-0.25, -0.2) is 4.39 Å². The van der Waals surface area contributed by atoms with Gasteiger partial charge in [0.05, 0.1) is 12.7 Å². The SMILES string of the molecule is CCC(N)c1cnn(Cc2cc(F)cc(Br)c2)c1. The number of nitrogens with zero attached hydrogens (tertiary/aromatic N) is 2. The van der Waals surface area contributed by atoms with E-state index in [1.54, 1.807) is 10.9 Å². The van der Waals surface area contributed by atoms with E-state index in [4.69, 9.17) is 5.73 Å². The normalized spacial score (nSPS) is 12.7. The highest BCUT2D eigenvalue weighted by molar-refractivity contribution is 9.10. The number of hydrogen-bond acceptors (Lipinski definition) is 2. The van der Waals surface area contributed by atoms with E-state index in [9.17, 15) is 4.39 Å². The molecule has 0 radical (unpaired) electrons. The molecule has 2 N–H and O–H groups in total. The minimum absolute atomic E-state index is 0.0120. The van der Waals surface area contributed by atoms with Crippen LogP contribution in [0.1, 0.15) is 30.5 Å². The van der Waals surface area contributed by atoms with E-state index in [0.717, 1.165) is 22.0 Å². The zero-order valence-corrected chi connectivity index (χ0v) is 11.7. The number of benzene rings is 1. The van der Waals surface area contributed by atoms with Crippen molar-refractivity contribution in [1.82, 2.24) is 9.78 Å². The first-order valence-electron chi connectivity index (χ1n) is 5.81. The van der Waals surface area contributed by atoms with Crippen LogP contribution in [0.5, 0.6) is 0 Å². The third-order valence-corrected chi connectivity index (χ3v) is 3.25. The van der Waals surface area contributed by atoms with Crippen molar-refractivity contribution in [1.29, 1.82) is 0 Å². The van der Waals surface area contributed by atoms with Crippen LogP contribution in [0.3, 0.4) is 0 Å². The van der Waals surface area contributed by atoms with Crippen LogP contribution in [0.4, 0.5) is 4.39 Å².